The minimum absolute atomic E-state index is 0.00556. The maximum absolute atomic E-state index is 13.9. The van der Waals surface area contributed by atoms with Gasteiger partial charge in [-0.25, -0.2) is 0 Å². The minimum Gasteiger partial charge on any atom is -0.300 e. The fourth-order valence-electron chi connectivity index (χ4n) is 7.30. The Balaban J connectivity index is 1.95. The monoisotopic (exact) mass is 600 g/mol. The molecule has 5 heteroatoms. The first-order valence-electron chi connectivity index (χ1n) is 16.8. The summed E-state index contributed by atoms with van der Waals surface area (Å²) in [5.74, 6) is 0.560. The van der Waals surface area contributed by atoms with Crippen molar-refractivity contribution in [3.63, 3.8) is 0 Å². The standard InChI is InChI=1S/C39H52O5/c1-8-12-28(32(10-3)37(43)18-25(6)40)19-27-20-35-33(24(4)5)23-34(26(7)39(35)38(44)21-27)29-14-11-15-30(22-29)36(42)17-16-31(41)13-9-2/h11,14-15,22-24,27-28,32H,8-10,12-13,16-21H2,1-7H3. The molecule has 0 amide bonds. The van der Waals surface area contributed by atoms with Gasteiger partial charge in [0.2, 0.25) is 0 Å². The van der Waals surface area contributed by atoms with Crippen molar-refractivity contribution in [1.29, 1.82) is 0 Å². The Kier molecular flexibility index (Phi) is 13.0. The predicted octanol–water partition coefficient (Wildman–Crippen LogP) is 9.24. The molecule has 0 spiro atoms. The van der Waals surface area contributed by atoms with Crippen molar-refractivity contribution in [1.82, 2.24) is 0 Å². The highest BCUT2D eigenvalue weighted by molar-refractivity contribution is 6.03. The van der Waals surface area contributed by atoms with E-state index in [4.69, 9.17) is 0 Å². The lowest BCUT2D eigenvalue weighted by atomic mass is 9.70. The van der Waals surface area contributed by atoms with E-state index < -0.39 is 0 Å². The van der Waals surface area contributed by atoms with Crippen LogP contribution in [0, 0.1) is 24.7 Å². The van der Waals surface area contributed by atoms with Crippen molar-refractivity contribution in [2.24, 2.45) is 17.8 Å². The van der Waals surface area contributed by atoms with Crippen LogP contribution in [0.3, 0.4) is 0 Å². The summed E-state index contributed by atoms with van der Waals surface area (Å²) in [6.07, 6.45) is 6.42. The summed E-state index contributed by atoms with van der Waals surface area (Å²) >= 11 is 0. The van der Waals surface area contributed by atoms with Crippen LogP contribution in [-0.2, 0) is 20.8 Å². The molecule has 3 rings (SSSR count). The fraction of sp³-hybridized carbons (Fsp3) is 0.564. The molecule has 3 unspecified atom stereocenters. The Morgan fingerprint density at radius 1 is 0.932 bits per heavy atom. The molecule has 44 heavy (non-hydrogen) atoms. The summed E-state index contributed by atoms with van der Waals surface area (Å²) in [5.41, 5.74) is 6.52. The highest BCUT2D eigenvalue weighted by Gasteiger charge is 2.35. The average Bonchev–Trinajstić information content (AvgIpc) is 2.96. The van der Waals surface area contributed by atoms with E-state index in [1.54, 1.807) is 6.07 Å². The molecule has 2 aromatic rings. The summed E-state index contributed by atoms with van der Waals surface area (Å²) in [7, 11) is 0. The number of carbonyl (C=O) groups excluding carboxylic acids is 5. The highest BCUT2D eigenvalue weighted by atomic mass is 16.2. The summed E-state index contributed by atoms with van der Waals surface area (Å²) in [4.78, 5) is 63.6. The van der Waals surface area contributed by atoms with Gasteiger partial charge >= 0.3 is 0 Å². The normalized spacial score (nSPS) is 16.0. The molecule has 0 fully saturated rings. The van der Waals surface area contributed by atoms with Gasteiger partial charge in [0, 0.05) is 42.7 Å². The minimum atomic E-state index is -0.149. The average molecular weight is 601 g/mol. The quantitative estimate of drug-likeness (QED) is 0.133. The Morgan fingerprint density at radius 3 is 2.27 bits per heavy atom. The predicted molar refractivity (Wildman–Crippen MR) is 177 cm³/mol. The van der Waals surface area contributed by atoms with E-state index in [1.165, 1.54) is 6.92 Å². The van der Waals surface area contributed by atoms with E-state index in [2.05, 4.69) is 26.8 Å². The van der Waals surface area contributed by atoms with Crippen LogP contribution < -0.4 is 0 Å². The molecule has 0 heterocycles. The number of rotatable bonds is 17. The maximum atomic E-state index is 13.9. The third-order valence-corrected chi connectivity index (χ3v) is 9.39. The van der Waals surface area contributed by atoms with Crippen LogP contribution in [0.5, 0.6) is 0 Å². The fourth-order valence-corrected chi connectivity index (χ4v) is 7.30. The highest BCUT2D eigenvalue weighted by Crippen LogP contribution is 2.42. The number of hydrogen-bond acceptors (Lipinski definition) is 5. The third kappa shape index (κ3) is 8.70. The molecule has 0 aliphatic heterocycles. The first-order chi connectivity index (χ1) is 20.9. The van der Waals surface area contributed by atoms with Gasteiger partial charge in [0.15, 0.2) is 11.6 Å². The van der Waals surface area contributed by atoms with E-state index in [9.17, 15) is 24.0 Å². The molecule has 0 radical (unpaired) electrons. The largest absolute Gasteiger partial charge is 0.300 e. The van der Waals surface area contributed by atoms with E-state index in [0.717, 1.165) is 65.5 Å². The smallest absolute Gasteiger partial charge is 0.163 e. The van der Waals surface area contributed by atoms with Crippen LogP contribution in [-0.4, -0.2) is 28.9 Å². The second kappa shape index (κ2) is 16.2. The number of ketones is 5. The zero-order chi connectivity index (χ0) is 32.6. The van der Waals surface area contributed by atoms with Crippen LogP contribution in [0.4, 0.5) is 0 Å². The van der Waals surface area contributed by atoms with Gasteiger partial charge in [0.1, 0.15) is 17.3 Å². The molecule has 0 saturated heterocycles. The van der Waals surface area contributed by atoms with Crippen molar-refractivity contribution in [3.05, 3.63) is 58.1 Å². The second-order valence-corrected chi connectivity index (χ2v) is 13.3. The second-order valence-electron chi connectivity index (χ2n) is 13.3. The molecule has 1 aliphatic rings. The van der Waals surface area contributed by atoms with Crippen LogP contribution in [0.15, 0.2) is 30.3 Å². The molecule has 3 atom stereocenters. The van der Waals surface area contributed by atoms with Gasteiger partial charge in [0.05, 0.1) is 6.42 Å². The van der Waals surface area contributed by atoms with Gasteiger partial charge in [-0.3, -0.25) is 24.0 Å². The van der Waals surface area contributed by atoms with Gasteiger partial charge in [0.25, 0.3) is 0 Å². The summed E-state index contributed by atoms with van der Waals surface area (Å²) in [5, 5.41) is 0. The topological polar surface area (TPSA) is 85.3 Å². The Bertz CT molecular complexity index is 1380. The SMILES string of the molecule is CCCC(=O)CCC(=O)c1cccc(-c2cc(C(C)C)c3c(c2C)C(=O)CC(CC(CCC)C(CC)C(=O)CC(C)=O)C3)c1. The molecule has 5 nitrogen and oxygen atoms in total. The Morgan fingerprint density at radius 2 is 1.66 bits per heavy atom. The third-order valence-electron chi connectivity index (χ3n) is 9.39. The molecule has 0 saturated carbocycles. The first kappa shape index (κ1) is 35.3. The Hall–Kier alpha value is -3.21. The van der Waals surface area contributed by atoms with Gasteiger partial charge in [-0.1, -0.05) is 71.7 Å². The van der Waals surface area contributed by atoms with Gasteiger partial charge in [-0.2, -0.15) is 0 Å². The van der Waals surface area contributed by atoms with Gasteiger partial charge in [-0.05, 0) is 91.2 Å². The van der Waals surface area contributed by atoms with Crippen LogP contribution in [0.25, 0.3) is 11.1 Å². The van der Waals surface area contributed by atoms with Crippen molar-refractivity contribution in [2.45, 2.75) is 125 Å². The number of carbonyl (C=O) groups is 5. The lowest BCUT2D eigenvalue weighted by Gasteiger charge is -2.33. The first-order valence-corrected chi connectivity index (χ1v) is 16.8. The van der Waals surface area contributed by atoms with Crippen LogP contribution in [0.2, 0.25) is 0 Å². The number of benzene rings is 2. The van der Waals surface area contributed by atoms with Gasteiger partial charge < -0.3 is 0 Å². The summed E-state index contributed by atoms with van der Waals surface area (Å²) in [6.45, 7) is 13.9. The van der Waals surface area contributed by atoms with Crippen molar-refractivity contribution >= 4 is 28.9 Å². The van der Waals surface area contributed by atoms with Crippen molar-refractivity contribution in [2.75, 3.05) is 0 Å². The molecule has 0 N–H and O–H groups in total. The summed E-state index contributed by atoms with van der Waals surface area (Å²) < 4.78 is 0. The van der Waals surface area contributed by atoms with E-state index in [-0.39, 0.29) is 71.9 Å². The molecule has 0 aromatic heterocycles. The lowest BCUT2D eigenvalue weighted by Crippen LogP contribution is -2.30. The molecule has 2 aromatic carbocycles. The molecule has 1 aliphatic carbocycles. The number of fused-ring (bicyclic) bond motifs is 1. The zero-order valence-corrected chi connectivity index (χ0v) is 28.0. The molecule has 238 valence electrons. The van der Waals surface area contributed by atoms with E-state index in [0.29, 0.717) is 24.8 Å². The number of hydrogen-bond donors (Lipinski definition) is 0. The number of Topliss-reactive ketones (excluding diaryl/α,β-unsaturated/α-hetero) is 5. The lowest BCUT2D eigenvalue weighted by molar-refractivity contribution is -0.130. The molecule has 0 bridgehead atoms. The maximum Gasteiger partial charge on any atom is 0.163 e. The van der Waals surface area contributed by atoms with Gasteiger partial charge in [-0.15, -0.1) is 0 Å². The van der Waals surface area contributed by atoms with Crippen LogP contribution in [0.1, 0.15) is 149 Å². The van der Waals surface area contributed by atoms with Crippen molar-refractivity contribution in [3.8, 4) is 11.1 Å². The molecular weight excluding hydrogens is 548 g/mol. The zero-order valence-electron chi connectivity index (χ0n) is 28.0. The Labute approximate surface area is 264 Å². The van der Waals surface area contributed by atoms with E-state index >= 15 is 0 Å². The summed E-state index contributed by atoms with van der Waals surface area (Å²) in [6, 6.07) is 9.79. The van der Waals surface area contributed by atoms with Crippen molar-refractivity contribution < 1.29 is 24.0 Å². The van der Waals surface area contributed by atoms with E-state index in [1.807, 2.05) is 39.0 Å². The molecular formula is C39H52O5. The van der Waals surface area contributed by atoms with Crippen LogP contribution >= 0.6 is 0 Å².